The van der Waals surface area contributed by atoms with Crippen molar-refractivity contribution in [2.75, 3.05) is 0 Å². The summed E-state index contributed by atoms with van der Waals surface area (Å²) in [5.41, 5.74) is 0.0925. The van der Waals surface area contributed by atoms with Crippen molar-refractivity contribution in [2.24, 2.45) is 0 Å². The zero-order valence-corrected chi connectivity index (χ0v) is 10.2. The summed E-state index contributed by atoms with van der Waals surface area (Å²) in [5.74, 6) is 0. The monoisotopic (exact) mass is 255 g/mol. The number of nitrogens with one attached hydrogen (secondary N) is 1. The first-order valence-electron chi connectivity index (χ1n) is 6.05. The van der Waals surface area contributed by atoms with E-state index in [4.69, 9.17) is 0 Å². The molecule has 0 saturated carbocycles. The van der Waals surface area contributed by atoms with E-state index in [1.807, 2.05) is 6.92 Å². The van der Waals surface area contributed by atoms with E-state index in [1.54, 1.807) is 6.07 Å². The Morgan fingerprint density at radius 2 is 1.89 bits per heavy atom. The molecule has 1 aliphatic carbocycles. The third kappa shape index (κ3) is 3.13. The van der Waals surface area contributed by atoms with E-state index >= 15 is 0 Å². The quantitative estimate of drug-likeness (QED) is 0.803. The van der Waals surface area contributed by atoms with Crippen molar-refractivity contribution in [3.8, 4) is 0 Å². The van der Waals surface area contributed by atoms with Crippen LogP contribution in [0.15, 0.2) is 36.4 Å². The van der Waals surface area contributed by atoms with Crippen LogP contribution in [0.25, 0.3) is 0 Å². The van der Waals surface area contributed by atoms with Crippen LogP contribution in [0.3, 0.4) is 0 Å². The van der Waals surface area contributed by atoms with Crippen molar-refractivity contribution in [2.45, 2.75) is 38.0 Å². The number of benzene rings is 1. The van der Waals surface area contributed by atoms with Gasteiger partial charge in [0.25, 0.3) is 0 Å². The minimum absolute atomic E-state index is 0.0720. The van der Waals surface area contributed by atoms with E-state index in [0.29, 0.717) is 11.6 Å². The molecule has 0 fully saturated rings. The number of hydrogen-bond acceptors (Lipinski definition) is 1. The predicted molar refractivity (Wildman–Crippen MR) is 65.2 cm³/mol. The summed E-state index contributed by atoms with van der Waals surface area (Å²) in [5, 5.41) is 3.34. The average molecular weight is 255 g/mol. The van der Waals surface area contributed by atoms with Crippen molar-refractivity contribution in [3.05, 3.63) is 47.5 Å². The van der Waals surface area contributed by atoms with E-state index in [1.165, 1.54) is 12.1 Å². The van der Waals surface area contributed by atoms with Gasteiger partial charge in [-0.1, -0.05) is 24.3 Å². The van der Waals surface area contributed by atoms with Gasteiger partial charge in [0, 0.05) is 12.1 Å². The van der Waals surface area contributed by atoms with Crippen LogP contribution in [0.1, 0.15) is 36.9 Å². The van der Waals surface area contributed by atoms with Crippen molar-refractivity contribution in [1.82, 2.24) is 5.32 Å². The van der Waals surface area contributed by atoms with Crippen LogP contribution < -0.4 is 5.32 Å². The fourth-order valence-corrected chi connectivity index (χ4v) is 2.19. The maximum Gasteiger partial charge on any atom is 0.416 e. The Bertz CT molecular complexity index is 429. The molecule has 0 heterocycles. The Labute approximate surface area is 105 Å². The summed E-state index contributed by atoms with van der Waals surface area (Å²) < 4.78 is 37.8. The Morgan fingerprint density at radius 3 is 2.50 bits per heavy atom. The maximum atomic E-state index is 12.6. The first kappa shape index (κ1) is 13.1. The minimum atomic E-state index is -4.27. The van der Waals surface area contributed by atoms with Crippen LogP contribution in [0.2, 0.25) is 0 Å². The van der Waals surface area contributed by atoms with Crippen molar-refractivity contribution < 1.29 is 13.2 Å². The topological polar surface area (TPSA) is 12.0 Å². The number of alkyl halides is 3. The first-order chi connectivity index (χ1) is 8.47. The molecule has 2 rings (SSSR count). The van der Waals surface area contributed by atoms with Gasteiger partial charge in [0.1, 0.15) is 0 Å². The molecule has 98 valence electrons. The van der Waals surface area contributed by atoms with Gasteiger partial charge in [-0.15, -0.1) is 0 Å². The van der Waals surface area contributed by atoms with Gasteiger partial charge in [-0.2, -0.15) is 13.2 Å². The van der Waals surface area contributed by atoms with Crippen LogP contribution in [0, 0.1) is 0 Å². The van der Waals surface area contributed by atoms with Gasteiger partial charge in [-0.3, -0.25) is 0 Å². The molecular weight excluding hydrogens is 239 g/mol. The normalized spacial score (nSPS) is 18.2. The first-order valence-corrected chi connectivity index (χ1v) is 6.05. The Hall–Kier alpha value is -1.29. The second-order valence-electron chi connectivity index (χ2n) is 4.65. The average Bonchev–Trinajstić information content (AvgIpc) is 2.81. The second kappa shape index (κ2) is 5.14. The highest BCUT2D eigenvalue weighted by Crippen LogP contribution is 2.31. The Kier molecular flexibility index (Phi) is 3.76. The molecule has 0 aromatic heterocycles. The summed E-state index contributed by atoms with van der Waals surface area (Å²) in [6.45, 7) is 1.90. The van der Waals surface area contributed by atoms with Gasteiger partial charge in [0.15, 0.2) is 0 Å². The third-order valence-electron chi connectivity index (χ3n) is 3.21. The van der Waals surface area contributed by atoms with Gasteiger partial charge < -0.3 is 5.32 Å². The highest BCUT2D eigenvalue weighted by atomic mass is 19.4. The number of rotatable bonds is 3. The lowest BCUT2D eigenvalue weighted by atomic mass is 10.0. The van der Waals surface area contributed by atoms with E-state index in [0.717, 1.165) is 18.9 Å². The zero-order chi connectivity index (χ0) is 13.2. The molecule has 0 amide bonds. The lowest BCUT2D eigenvalue weighted by Gasteiger charge is -2.20. The molecule has 1 aromatic carbocycles. The van der Waals surface area contributed by atoms with Crippen molar-refractivity contribution >= 4 is 0 Å². The molecule has 1 atom stereocenters. The second-order valence-corrected chi connectivity index (χ2v) is 4.65. The lowest BCUT2D eigenvalue weighted by molar-refractivity contribution is -0.137. The fraction of sp³-hybridized carbons (Fsp3) is 0.429. The molecule has 1 nitrogen and oxygen atoms in total. The van der Waals surface area contributed by atoms with Gasteiger partial charge in [0.05, 0.1) is 5.56 Å². The standard InChI is InChI=1S/C14H16F3N/c1-10(18-13-7-2-3-8-13)11-5-4-6-12(9-11)14(15,16)17/h2-6,9-10,13,18H,7-8H2,1H3. The Morgan fingerprint density at radius 1 is 1.22 bits per heavy atom. The summed E-state index contributed by atoms with van der Waals surface area (Å²) in [6.07, 6.45) is 1.81. The van der Waals surface area contributed by atoms with E-state index < -0.39 is 11.7 Å². The summed E-state index contributed by atoms with van der Waals surface area (Å²) >= 11 is 0. The highest BCUT2D eigenvalue weighted by Gasteiger charge is 2.30. The zero-order valence-electron chi connectivity index (χ0n) is 10.2. The molecule has 0 bridgehead atoms. The van der Waals surface area contributed by atoms with Crippen LogP contribution in [0.4, 0.5) is 13.2 Å². The number of halogens is 3. The predicted octanol–water partition coefficient (Wildman–Crippen LogP) is 4.07. The summed E-state index contributed by atoms with van der Waals surface area (Å²) in [4.78, 5) is 0. The largest absolute Gasteiger partial charge is 0.416 e. The van der Waals surface area contributed by atoms with Crippen LogP contribution in [-0.4, -0.2) is 6.04 Å². The number of hydrogen-bond donors (Lipinski definition) is 1. The minimum Gasteiger partial charge on any atom is -0.307 e. The molecule has 0 radical (unpaired) electrons. The SMILES string of the molecule is CC(NC1CC=CC1)c1cccc(C(F)(F)F)c1. The molecule has 0 spiro atoms. The fourth-order valence-electron chi connectivity index (χ4n) is 2.19. The molecule has 1 unspecified atom stereocenters. The molecular formula is C14H16F3N. The van der Waals surface area contributed by atoms with E-state index in [-0.39, 0.29) is 6.04 Å². The van der Waals surface area contributed by atoms with E-state index in [2.05, 4.69) is 17.5 Å². The van der Waals surface area contributed by atoms with Crippen LogP contribution in [-0.2, 0) is 6.18 Å². The van der Waals surface area contributed by atoms with Crippen LogP contribution >= 0.6 is 0 Å². The van der Waals surface area contributed by atoms with Gasteiger partial charge in [-0.25, -0.2) is 0 Å². The van der Waals surface area contributed by atoms with Gasteiger partial charge >= 0.3 is 6.18 Å². The lowest BCUT2D eigenvalue weighted by Crippen LogP contribution is -2.29. The molecule has 1 aromatic rings. The van der Waals surface area contributed by atoms with Crippen LogP contribution in [0.5, 0.6) is 0 Å². The van der Waals surface area contributed by atoms with Gasteiger partial charge in [0.2, 0.25) is 0 Å². The smallest absolute Gasteiger partial charge is 0.307 e. The maximum absolute atomic E-state index is 12.6. The summed E-state index contributed by atoms with van der Waals surface area (Å²) in [7, 11) is 0. The molecule has 0 saturated heterocycles. The summed E-state index contributed by atoms with van der Waals surface area (Å²) in [6, 6.07) is 5.79. The molecule has 0 aliphatic heterocycles. The highest BCUT2D eigenvalue weighted by molar-refractivity contribution is 5.27. The van der Waals surface area contributed by atoms with Gasteiger partial charge in [-0.05, 0) is 37.5 Å². The van der Waals surface area contributed by atoms with Crippen molar-refractivity contribution in [3.63, 3.8) is 0 Å². The molecule has 1 aliphatic rings. The third-order valence-corrected chi connectivity index (χ3v) is 3.21. The molecule has 1 N–H and O–H groups in total. The Balaban J connectivity index is 2.07. The van der Waals surface area contributed by atoms with E-state index in [9.17, 15) is 13.2 Å². The molecule has 18 heavy (non-hydrogen) atoms. The van der Waals surface area contributed by atoms with Crippen molar-refractivity contribution in [1.29, 1.82) is 0 Å². The molecule has 4 heteroatoms.